The minimum Gasteiger partial charge on any atom is -0.375 e. The number of rotatable bonds is 5. The van der Waals surface area contributed by atoms with Gasteiger partial charge in [0.15, 0.2) is 5.11 Å². The lowest BCUT2D eigenvalue weighted by Gasteiger charge is -2.36. The van der Waals surface area contributed by atoms with Gasteiger partial charge in [-0.25, -0.2) is 8.78 Å². The second kappa shape index (κ2) is 8.88. The standard InChI is InChI=1S/C19H21F2N5S/c20-16-10-15(12-23-24-19(22)27)11-17(21)18(16)26-8-6-25(7-9-26)13-14-4-2-1-3-5-14/h1-5,10-12H,6-9,13H2,(H3,22,24,27). The van der Waals surface area contributed by atoms with Crippen molar-refractivity contribution in [3.63, 3.8) is 0 Å². The van der Waals surface area contributed by atoms with Crippen LogP contribution in [-0.2, 0) is 6.54 Å². The Labute approximate surface area is 162 Å². The van der Waals surface area contributed by atoms with E-state index in [2.05, 4.69) is 39.8 Å². The SMILES string of the molecule is NC(=S)NN=Cc1cc(F)c(N2CCN(Cc3ccccc3)CC2)c(F)c1. The monoisotopic (exact) mass is 389 g/mol. The van der Waals surface area contributed by atoms with E-state index in [4.69, 9.17) is 5.73 Å². The van der Waals surface area contributed by atoms with Crippen LogP contribution in [-0.4, -0.2) is 42.4 Å². The predicted molar refractivity (Wildman–Crippen MR) is 108 cm³/mol. The molecule has 0 unspecified atom stereocenters. The Morgan fingerprint density at radius 2 is 1.74 bits per heavy atom. The molecule has 8 heteroatoms. The molecule has 0 aromatic heterocycles. The first-order valence-electron chi connectivity index (χ1n) is 8.61. The van der Waals surface area contributed by atoms with Crippen molar-refractivity contribution in [3.05, 3.63) is 65.2 Å². The molecule has 3 N–H and O–H groups in total. The van der Waals surface area contributed by atoms with Crippen LogP contribution >= 0.6 is 12.2 Å². The molecule has 1 aliphatic rings. The third-order valence-electron chi connectivity index (χ3n) is 4.37. The Kier molecular flexibility index (Phi) is 6.31. The molecule has 0 amide bonds. The number of nitrogens with one attached hydrogen (secondary N) is 1. The lowest BCUT2D eigenvalue weighted by Crippen LogP contribution is -2.46. The van der Waals surface area contributed by atoms with Crippen LogP contribution in [0, 0.1) is 11.6 Å². The second-order valence-corrected chi connectivity index (χ2v) is 6.76. The van der Waals surface area contributed by atoms with E-state index in [9.17, 15) is 8.78 Å². The summed E-state index contributed by atoms with van der Waals surface area (Å²) in [4.78, 5) is 4.03. The van der Waals surface area contributed by atoms with Crippen molar-refractivity contribution in [2.45, 2.75) is 6.54 Å². The highest BCUT2D eigenvalue weighted by atomic mass is 32.1. The van der Waals surface area contributed by atoms with Crippen LogP contribution in [0.25, 0.3) is 0 Å². The number of thiocarbonyl (C=S) groups is 1. The molecule has 0 spiro atoms. The number of nitrogens with zero attached hydrogens (tertiary/aromatic N) is 3. The fourth-order valence-electron chi connectivity index (χ4n) is 3.10. The second-order valence-electron chi connectivity index (χ2n) is 6.32. The molecule has 0 atom stereocenters. The van der Waals surface area contributed by atoms with Gasteiger partial charge < -0.3 is 10.6 Å². The molecule has 142 valence electrons. The largest absolute Gasteiger partial charge is 0.375 e. The zero-order valence-electron chi connectivity index (χ0n) is 14.7. The Balaban J connectivity index is 1.63. The lowest BCUT2D eigenvalue weighted by molar-refractivity contribution is 0.248. The van der Waals surface area contributed by atoms with Crippen molar-refractivity contribution in [1.29, 1.82) is 0 Å². The van der Waals surface area contributed by atoms with Crippen molar-refractivity contribution < 1.29 is 8.78 Å². The number of hydrogen-bond donors (Lipinski definition) is 2. The van der Waals surface area contributed by atoms with Crippen molar-refractivity contribution in [2.24, 2.45) is 10.8 Å². The van der Waals surface area contributed by atoms with Crippen LogP contribution in [0.15, 0.2) is 47.6 Å². The van der Waals surface area contributed by atoms with E-state index >= 15 is 0 Å². The third kappa shape index (κ3) is 5.21. The van der Waals surface area contributed by atoms with Crippen molar-refractivity contribution in [3.8, 4) is 0 Å². The summed E-state index contributed by atoms with van der Waals surface area (Å²) in [6.45, 7) is 3.46. The van der Waals surface area contributed by atoms with Gasteiger partial charge in [0, 0.05) is 38.3 Å². The van der Waals surface area contributed by atoms with E-state index in [1.54, 1.807) is 4.90 Å². The highest BCUT2D eigenvalue weighted by Gasteiger charge is 2.23. The quantitative estimate of drug-likeness (QED) is 0.467. The molecule has 27 heavy (non-hydrogen) atoms. The average molecular weight is 389 g/mol. The van der Waals surface area contributed by atoms with Crippen molar-refractivity contribution in [1.82, 2.24) is 10.3 Å². The van der Waals surface area contributed by atoms with E-state index in [-0.39, 0.29) is 10.8 Å². The van der Waals surface area contributed by atoms with E-state index in [0.717, 1.165) is 19.6 Å². The minimum atomic E-state index is -0.608. The molecule has 1 saturated heterocycles. The van der Waals surface area contributed by atoms with E-state index < -0.39 is 11.6 Å². The summed E-state index contributed by atoms with van der Waals surface area (Å²) < 4.78 is 29.0. The number of hydrogen-bond acceptors (Lipinski definition) is 4. The maximum absolute atomic E-state index is 14.5. The molecule has 1 heterocycles. The predicted octanol–water partition coefficient (Wildman–Crippen LogP) is 2.45. The van der Waals surface area contributed by atoms with Crippen molar-refractivity contribution in [2.75, 3.05) is 31.1 Å². The number of halogens is 2. The molecular weight excluding hydrogens is 368 g/mol. The molecule has 2 aromatic rings. The first-order valence-corrected chi connectivity index (χ1v) is 9.02. The van der Waals surface area contributed by atoms with Crippen LogP contribution in [0.4, 0.5) is 14.5 Å². The summed E-state index contributed by atoms with van der Waals surface area (Å²) in [6, 6.07) is 12.7. The van der Waals surface area contributed by atoms with Gasteiger partial charge in [-0.2, -0.15) is 5.10 Å². The molecule has 0 aliphatic carbocycles. The first-order chi connectivity index (χ1) is 13.0. The van der Waals surface area contributed by atoms with Gasteiger partial charge in [0.2, 0.25) is 0 Å². The Morgan fingerprint density at radius 3 is 2.33 bits per heavy atom. The van der Waals surface area contributed by atoms with E-state index in [1.807, 2.05) is 18.2 Å². The van der Waals surface area contributed by atoms with Crippen molar-refractivity contribution >= 4 is 29.2 Å². The summed E-state index contributed by atoms with van der Waals surface area (Å²) in [6.07, 6.45) is 1.27. The third-order valence-corrected chi connectivity index (χ3v) is 4.46. The molecule has 2 aromatic carbocycles. The highest BCUT2D eigenvalue weighted by Crippen LogP contribution is 2.26. The smallest absolute Gasteiger partial charge is 0.184 e. The maximum Gasteiger partial charge on any atom is 0.184 e. The molecule has 0 radical (unpaired) electrons. The van der Waals surface area contributed by atoms with Gasteiger partial charge in [-0.05, 0) is 29.9 Å². The maximum atomic E-state index is 14.5. The molecule has 5 nitrogen and oxygen atoms in total. The van der Waals surface area contributed by atoms with Gasteiger partial charge in [0.05, 0.1) is 6.21 Å². The van der Waals surface area contributed by atoms with Crippen LogP contribution in [0.5, 0.6) is 0 Å². The number of benzene rings is 2. The highest BCUT2D eigenvalue weighted by molar-refractivity contribution is 7.80. The topological polar surface area (TPSA) is 56.9 Å². The summed E-state index contributed by atoms with van der Waals surface area (Å²) in [5.74, 6) is -1.22. The van der Waals surface area contributed by atoms with Crippen LogP contribution < -0.4 is 16.1 Å². The minimum absolute atomic E-state index is 0.00816. The summed E-state index contributed by atoms with van der Waals surface area (Å²) >= 11 is 4.61. The number of piperazine rings is 1. The van der Waals surface area contributed by atoms with Gasteiger partial charge in [-0.1, -0.05) is 30.3 Å². The molecule has 3 rings (SSSR count). The first kappa shape index (κ1) is 19.2. The molecule has 0 bridgehead atoms. The molecule has 1 fully saturated rings. The normalized spacial score (nSPS) is 15.3. The zero-order valence-corrected chi connectivity index (χ0v) is 15.6. The van der Waals surface area contributed by atoms with Gasteiger partial charge in [0.25, 0.3) is 0 Å². The fraction of sp³-hybridized carbons (Fsp3) is 0.263. The Morgan fingerprint density at radius 1 is 1.11 bits per heavy atom. The number of nitrogens with two attached hydrogens (primary N) is 1. The van der Waals surface area contributed by atoms with Gasteiger partial charge in [-0.3, -0.25) is 10.3 Å². The number of anilines is 1. The van der Waals surface area contributed by atoms with Crippen LogP contribution in [0.1, 0.15) is 11.1 Å². The summed E-state index contributed by atoms with van der Waals surface area (Å²) in [5, 5.41) is 3.70. The lowest BCUT2D eigenvalue weighted by atomic mass is 10.1. The average Bonchev–Trinajstić information content (AvgIpc) is 2.63. The Hall–Kier alpha value is -2.58. The van der Waals surface area contributed by atoms with Gasteiger partial charge in [0.1, 0.15) is 17.3 Å². The van der Waals surface area contributed by atoms with Gasteiger partial charge in [-0.15, -0.1) is 0 Å². The Bertz CT molecular complexity index is 797. The fourth-order valence-corrected chi connectivity index (χ4v) is 3.16. The van der Waals surface area contributed by atoms with Gasteiger partial charge >= 0.3 is 0 Å². The zero-order chi connectivity index (χ0) is 19.2. The summed E-state index contributed by atoms with van der Waals surface area (Å²) in [5.41, 5.74) is 9.13. The summed E-state index contributed by atoms with van der Waals surface area (Å²) in [7, 11) is 0. The molecular formula is C19H21F2N5S. The van der Waals surface area contributed by atoms with Crippen LogP contribution in [0.3, 0.4) is 0 Å². The van der Waals surface area contributed by atoms with E-state index in [1.165, 1.54) is 23.9 Å². The van der Waals surface area contributed by atoms with Crippen LogP contribution in [0.2, 0.25) is 0 Å². The number of hydrazone groups is 1. The van der Waals surface area contributed by atoms with E-state index in [0.29, 0.717) is 18.7 Å². The molecule has 0 saturated carbocycles. The molecule has 1 aliphatic heterocycles.